The normalized spacial score (nSPS) is 11.9. The maximum Gasteiger partial charge on any atom is 0.233 e. The highest BCUT2D eigenvalue weighted by molar-refractivity contribution is 7.92. The van der Waals surface area contributed by atoms with Crippen LogP contribution in [-0.4, -0.2) is 15.0 Å². The second kappa shape index (κ2) is 3.73. The Morgan fingerprint density at radius 1 is 1.60 bits per heavy atom. The van der Waals surface area contributed by atoms with Gasteiger partial charge in [-0.25, -0.2) is 13.1 Å². The summed E-state index contributed by atoms with van der Waals surface area (Å²) in [5, 5.41) is 0.912. The van der Waals surface area contributed by atoms with E-state index in [1.807, 2.05) is 13.8 Å². The molecule has 1 N–H and O–H groups in total. The highest BCUT2D eigenvalue weighted by Crippen LogP contribution is 1.90. The lowest BCUT2D eigenvalue weighted by atomic mass is 10.2. The Balaban J connectivity index is 3.81. The zero-order chi connectivity index (χ0) is 8.20. The number of hydrogen-bond acceptors (Lipinski definition) is 2. The van der Waals surface area contributed by atoms with Crippen LogP contribution in [0.15, 0.2) is 12.0 Å². The molecule has 0 saturated heterocycles. The third kappa shape index (κ3) is 4.52. The molecule has 0 aromatic carbocycles. The molecule has 0 radical (unpaired) electrons. The van der Waals surface area contributed by atoms with E-state index in [-0.39, 0.29) is 0 Å². The number of rotatable bonds is 4. The van der Waals surface area contributed by atoms with Crippen molar-refractivity contribution in [3.8, 4) is 0 Å². The Hall–Kier alpha value is -0.350. The molecule has 0 bridgehead atoms. The van der Waals surface area contributed by atoms with E-state index in [2.05, 4.69) is 11.3 Å². The van der Waals surface area contributed by atoms with Gasteiger partial charge >= 0.3 is 0 Å². The fourth-order valence-corrected chi connectivity index (χ4v) is 1.03. The van der Waals surface area contributed by atoms with E-state index in [1.165, 1.54) is 0 Å². The molecule has 3 nitrogen and oxygen atoms in total. The lowest BCUT2D eigenvalue weighted by molar-refractivity contribution is 0.568. The van der Waals surface area contributed by atoms with Crippen LogP contribution in [0.2, 0.25) is 0 Å². The van der Waals surface area contributed by atoms with E-state index >= 15 is 0 Å². The summed E-state index contributed by atoms with van der Waals surface area (Å²) in [6, 6.07) is 0. The van der Waals surface area contributed by atoms with Crippen molar-refractivity contribution in [2.75, 3.05) is 6.54 Å². The molecule has 0 aliphatic carbocycles. The maximum atomic E-state index is 10.7. The van der Waals surface area contributed by atoms with Crippen LogP contribution in [-0.2, 0) is 10.0 Å². The molecule has 0 fully saturated rings. The van der Waals surface area contributed by atoms with Crippen molar-refractivity contribution < 1.29 is 8.42 Å². The minimum absolute atomic E-state index is 0.328. The zero-order valence-corrected chi connectivity index (χ0v) is 7.11. The lowest BCUT2D eigenvalue weighted by Crippen LogP contribution is -2.25. The topological polar surface area (TPSA) is 46.2 Å². The Bertz CT molecular complexity index is 194. The summed E-state index contributed by atoms with van der Waals surface area (Å²) in [4.78, 5) is 0. The highest BCUT2D eigenvalue weighted by atomic mass is 32.2. The van der Waals surface area contributed by atoms with Gasteiger partial charge in [0.2, 0.25) is 10.0 Å². The Labute approximate surface area is 62.2 Å². The van der Waals surface area contributed by atoms with E-state index in [4.69, 9.17) is 0 Å². The SMILES string of the molecule is C=CS(=O)(=O)NCC(C)C. The van der Waals surface area contributed by atoms with Crippen LogP contribution in [0.1, 0.15) is 13.8 Å². The third-order valence-electron chi connectivity index (χ3n) is 0.912. The van der Waals surface area contributed by atoms with Crippen molar-refractivity contribution in [2.45, 2.75) is 13.8 Å². The van der Waals surface area contributed by atoms with E-state index in [0.29, 0.717) is 12.5 Å². The van der Waals surface area contributed by atoms with Gasteiger partial charge in [0.15, 0.2) is 0 Å². The molecule has 0 aliphatic heterocycles. The van der Waals surface area contributed by atoms with Gasteiger partial charge < -0.3 is 0 Å². The first-order valence-electron chi connectivity index (χ1n) is 3.10. The monoisotopic (exact) mass is 163 g/mol. The van der Waals surface area contributed by atoms with Gasteiger partial charge in [-0.3, -0.25) is 0 Å². The predicted molar refractivity (Wildman–Crippen MR) is 42.0 cm³/mol. The van der Waals surface area contributed by atoms with Gasteiger partial charge in [-0.15, -0.1) is 0 Å². The molecular formula is C6H13NO2S. The molecule has 0 amide bonds. The summed E-state index contributed by atoms with van der Waals surface area (Å²) in [7, 11) is -3.20. The van der Waals surface area contributed by atoms with Crippen molar-refractivity contribution in [1.29, 1.82) is 0 Å². The van der Waals surface area contributed by atoms with Gasteiger partial charge in [0.25, 0.3) is 0 Å². The molecule has 0 unspecified atom stereocenters. The zero-order valence-electron chi connectivity index (χ0n) is 6.29. The van der Waals surface area contributed by atoms with Crippen LogP contribution >= 0.6 is 0 Å². The van der Waals surface area contributed by atoms with Crippen molar-refractivity contribution >= 4 is 10.0 Å². The van der Waals surface area contributed by atoms with Gasteiger partial charge in [0.1, 0.15) is 0 Å². The van der Waals surface area contributed by atoms with Gasteiger partial charge in [0.05, 0.1) is 0 Å². The number of hydrogen-bond donors (Lipinski definition) is 1. The standard InChI is InChI=1S/C6H13NO2S/c1-4-10(8,9)7-5-6(2)3/h4,6-7H,1,5H2,2-3H3. The molecular weight excluding hydrogens is 150 g/mol. The van der Waals surface area contributed by atoms with Crippen molar-refractivity contribution in [3.63, 3.8) is 0 Å². The fourth-order valence-electron chi connectivity index (χ4n) is 0.342. The van der Waals surface area contributed by atoms with Gasteiger partial charge in [-0.2, -0.15) is 0 Å². The van der Waals surface area contributed by atoms with Crippen LogP contribution in [0.4, 0.5) is 0 Å². The molecule has 60 valence electrons. The molecule has 10 heavy (non-hydrogen) atoms. The van der Waals surface area contributed by atoms with Crippen molar-refractivity contribution in [1.82, 2.24) is 4.72 Å². The quantitative estimate of drug-likeness (QED) is 0.663. The van der Waals surface area contributed by atoms with Gasteiger partial charge in [-0.1, -0.05) is 20.4 Å². The predicted octanol–water partition coefficient (Wildman–Crippen LogP) is 0.705. The van der Waals surface area contributed by atoms with Crippen molar-refractivity contribution in [3.05, 3.63) is 12.0 Å². The molecule has 0 rings (SSSR count). The molecule has 0 aromatic rings. The van der Waals surface area contributed by atoms with Gasteiger partial charge in [-0.05, 0) is 5.92 Å². The smallest absolute Gasteiger partial charge is 0.211 e. The molecule has 0 heterocycles. The second-order valence-electron chi connectivity index (χ2n) is 2.45. The van der Waals surface area contributed by atoms with Crippen LogP contribution < -0.4 is 4.72 Å². The first kappa shape index (κ1) is 9.65. The van der Waals surface area contributed by atoms with E-state index in [9.17, 15) is 8.42 Å². The molecule has 0 saturated carbocycles. The van der Waals surface area contributed by atoms with E-state index in [1.54, 1.807) is 0 Å². The molecule has 0 aliphatic rings. The maximum absolute atomic E-state index is 10.7. The van der Waals surface area contributed by atoms with Gasteiger partial charge in [0, 0.05) is 12.0 Å². The third-order valence-corrected chi connectivity index (χ3v) is 1.92. The summed E-state index contributed by atoms with van der Waals surface area (Å²) >= 11 is 0. The molecule has 0 atom stereocenters. The Kier molecular flexibility index (Phi) is 3.60. The summed E-state index contributed by atoms with van der Waals surface area (Å²) in [5.41, 5.74) is 0. The Morgan fingerprint density at radius 2 is 2.10 bits per heavy atom. The summed E-state index contributed by atoms with van der Waals surface area (Å²) in [6.45, 7) is 7.50. The van der Waals surface area contributed by atoms with E-state index < -0.39 is 10.0 Å². The largest absolute Gasteiger partial charge is 0.233 e. The highest BCUT2D eigenvalue weighted by Gasteiger charge is 2.02. The first-order chi connectivity index (χ1) is 4.48. The summed E-state index contributed by atoms with van der Waals surface area (Å²) in [6.07, 6.45) is 0. The Morgan fingerprint density at radius 3 is 2.40 bits per heavy atom. The van der Waals surface area contributed by atoms with E-state index in [0.717, 1.165) is 5.41 Å². The van der Waals surface area contributed by atoms with Crippen LogP contribution in [0.25, 0.3) is 0 Å². The molecule has 4 heteroatoms. The second-order valence-corrected chi connectivity index (χ2v) is 4.17. The first-order valence-corrected chi connectivity index (χ1v) is 4.64. The minimum Gasteiger partial charge on any atom is -0.211 e. The average molecular weight is 163 g/mol. The average Bonchev–Trinajstić information content (AvgIpc) is 1.85. The summed E-state index contributed by atoms with van der Waals surface area (Å²) in [5.74, 6) is 0.328. The molecule has 0 spiro atoms. The van der Waals surface area contributed by atoms with Crippen molar-refractivity contribution in [2.24, 2.45) is 5.92 Å². The van der Waals surface area contributed by atoms with Crippen LogP contribution in [0, 0.1) is 5.92 Å². The fraction of sp³-hybridized carbons (Fsp3) is 0.667. The van der Waals surface area contributed by atoms with Crippen LogP contribution in [0.5, 0.6) is 0 Å². The minimum atomic E-state index is -3.20. The number of sulfonamides is 1. The lowest BCUT2D eigenvalue weighted by Gasteiger charge is -2.03. The van der Waals surface area contributed by atoms with Crippen LogP contribution in [0.3, 0.4) is 0 Å². The molecule has 0 aromatic heterocycles. The summed E-state index contributed by atoms with van der Waals surface area (Å²) < 4.78 is 23.7. The number of nitrogens with one attached hydrogen (secondary N) is 1.